The fourth-order valence-corrected chi connectivity index (χ4v) is 2.63. The van der Waals surface area contributed by atoms with Crippen LogP contribution in [0.1, 0.15) is 38.0 Å². The molecule has 0 heterocycles. The van der Waals surface area contributed by atoms with Crippen molar-refractivity contribution >= 4 is 12.4 Å². The van der Waals surface area contributed by atoms with Crippen molar-refractivity contribution in [3.8, 4) is 0 Å². The van der Waals surface area contributed by atoms with Gasteiger partial charge in [-0.2, -0.15) is 0 Å². The van der Waals surface area contributed by atoms with E-state index >= 15 is 0 Å². The van der Waals surface area contributed by atoms with Crippen LogP contribution in [0.15, 0.2) is 24.3 Å². The molecule has 1 aliphatic carbocycles. The SMILES string of the molecule is CO[C@H]1c2ccccc2[C@@](C)(N)C1(C)C.Cl. The summed E-state index contributed by atoms with van der Waals surface area (Å²) in [5.74, 6) is 0. The minimum atomic E-state index is -0.329. The van der Waals surface area contributed by atoms with E-state index in [2.05, 4.69) is 32.9 Å². The van der Waals surface area contributed by atoms with Gasteiger partial charge in [0.15, 0.2) is 0 Å². The Balaban J connectivity index is 0.00000128. The van der Waals surface area contributed by atoms with Crippen LogP contribution in [0, 0.1) is 5.41 Å². The van der Waals surface area contributed by atoms with Gasteiger partial charge in [-0.25, -0.2) is 0 Å². The second kappa shape index (κ2) is 4.02. The summed E-state index contributed by atoms with van der Waals surface area (Å²) in [6.07, 6.45) is 0.0868. The number of nitrogens with two attached hydrogens (primary N) is 1. The summed E-state index contributed by atoms with van der Waals surface area (Å²) in [7, 11) is 1.75. The van der Waals surface area contributed by atoms with Crippen LogP contribution in [-0.4, -0.2) is 7.11 Å². The quantitative estimate of drug-likeness (QED) is 0.821. The number of halogens is 1. The van der Waals surface area contributed by atoms with Crippen LogP contribution >= 0.6 is 12.4 Å². The molecule has 0 saturated carbocycles. The minimum Gasteiger partial charge on any atom is -0.376 e. The van der Waals surface area contributed by atoms with Gasteiger partial charge in [0.25, 0.3) is 0 Å². The number of fused-ring (bicyclic) bond motifs is 1. The summed E-state index contributed by atoms with van der Waals surface area (Å²) < 4.78 is 5.61. The summed E-state index contributed by atoms with van der Waals surface area (Å²) in [4.78, 5) is 0. The van der Waals surface area contributed by atoms with Crippen LogP contribution in [0.2, 0.25) is 0 Å². The third-order valence-electron chi connectivity index (χ3n) is 4.03. The lowest BCUT2D eigenvalue weighted by atomic mass is 9.73. The average Bonchev–Trinajstić information content (AvgIpc) is 2.32. The van der Waals surface area contributed by atoms with E-state index in [0.717, 1.165) is 0 Å². The zero-order valence-corrected chi connectivity index (χ0v) is 11.1. The lowest BCUT2D eigenvalue weighted by Crippen LogP contribution is -2.45. The van der Waals surface area contributed by atoms with Gasteiger partial charge in [0.05, 0.1) is 6.10 Å². The second-order valence-corrected chi connectivity index (χ2v) is 5.13. The molecule has 0 aromatic heterocycles. The maximum absolute atomic E-state index is 6.45. The van der Waals surface area contributed by atoms with Gasteiger partial charge in [0.1, 0.15) is 0 Å². The molecule has 1 aromatic rings. The monoisotopic (exact) mass is 241 g/mol. The Morgan fingerprint density at radius 3 is 2.31 bits per heavy atom. The molecular weight excluding hydrogens is 222 g/mol. The number of hydrogen-bond donors (Lipinski definition) is 1. The Morgan fingerprint density at radius 1 is 1.19 bits per heavy atom. The molecule has 2 atom stereocenters. The molecular formula is C13H20ClNO. The lowest BCUT2D eigenvalue weighted by molar-refractivity contribution is -0.0171. The van der Waals surface area contributed by atoms with Crippen LogP contribution in [0.25, 0.3) is 0 Å². The van der Waals surface area contributed by atoms with E-state index in [9.17, 15) is 0 Å². The Morgan fingerprint density at radius 2 is 1.75 bits per heavy atom. The third-order valence-corrected chi connectivity index (χ3v) is 4.03. The highest BCUT2D eigenvalue weighted by molar-refractivity contribution is 5.85. The third kappa shape index (κ3) is 1.48. The van der Waals surface area contributed by atoms with Crippen LogP contribution in [0.3, 0.4) is 0 Å². The van der Waals surface area contributed by atoms with Crippen LogP contribution < -0.4 is 5.73 Å². The predicted molar refractivity (Wildman–Crippen MR) is 68.8 cm³/mol. The Kier molecular flexibility index (Phi) is 3.39. The van der Waals surface area contributed by atoms with Gasteiger partial charge in [0, 0.05) is 18.1 Å². The highest BCUT2D eigenvalue weighted by Gasteiger charge is 2.53. The summed E-state index contributed by atoms with van der Waals surface area (Å²) in [5, 5.41) is 0. The number of ether oxygens (including phenoxy) is 1. The van der Waals surface area contributed by atoms with E-state index in [-0.39, 0.29) is 29.5 Å². The maximum atomic E-state index is 6.45. The van der Waals surface area contributed by atoms with Crippen LogP contribution in [0.5, 0.6) is 0 Å². The molecule has 0 unspecified atom stereocenters. The van der Waals surface area contributed by atoms with E-state index in [1.165, 1.54) is 11.1 Å². The molecule has 2 rings (SSSR count). The van der Waals surface area contributed by atoms with Crippen LogP contribution in [-0.2, 0) is 10.3 Å². The van der Waals surface area contributed by atoms with E-state index < -0.39 is 0 Å². The highest BCUT2D eigenvalue weighted by Crippen LogP contribution is 2.55. The predicted octanol–water partition coefficient (Wildman–Crippen LogP) is 3.01. The van der Waals surface area contributed by atoms with Crippen molar-refractivity contribution < 1.29 is 4.74 Å². The maximum Gasteiger partial charge on any atom is 0.0896 e. The molecule has 0 bridgehead atoms. The van der Waals surface area contributed by atoms with Gasteiger partial charge in [-0.1, -0.05) is 38.1 Å². The molecule has 3 heteroatoms. The van der Waals surface area contributed by atoms with Gasteiger partial charge in [0.2, 0.25) is 0 Å². The first-order chi connectivity index (χ1) is 6.93. The van der Waals surface area contributed by atoms with Crippen molar-refractivity contribution in [2.24, 2.45) is 11.1 Å². The Hall–Kier alpha value is -0.570. The van der Waals surface area contributed by atoms with Crippen molar-refractivity contribution in [3.63, 3.8) is 0 Å². The molecule has 16 heavy (non-hydrogen) atoms. The van der Waals surface area contributed by atoms with E-state index in [0.29, 0.717) is 0 Å². The largest absolute Gasteiger partial charge is 0.376 e. The molecule has 0 saturated heterocycles. The van der Waals surface area contributed by atoms with Crippen LogP contribution in [0.4, 0.5) is 0 Å². The van der Waals surface area contributed by atoms with Crippen molar-refractivity contribution in [1.29, 1.82) is 0 Å². The smallest absolute Gasteiger partial charge is 0.0896 e. The highest BCUT2D eigenvalue weighted by atomic mass is 35.5. The topological polar surface area (TPSA) is 35.2 Å². The van der Waals surface area contributed by atoms with Gasteiger partial charge >= 0.3 is 0 Å². The molecule has 1 aromatic carbocycles. The first kappa shape index (κ1) is 13.5. The normalized spacial score (nSPS) is 30.7. The average molecular weight is 242 g/mol. The first-order valence-electron chi connectivity index (χ1n) is 5.34. The fraction of sp³-hybridized carbons (Fsp3) is 0.538. The molecule has 1 aliphatic rings. The number of benzene rings is 1. The molecule has 0 fully saturated rings. The second-order valence-electron chi connectivity index (χ2n) is 5.13. The number of methoxy groups -OCH3 is 1. The Labute approximate surface area is 104 Å². The minimum absolute atomic E-state index is 0. The molecule has 90 valence electrons. The number of hydrogen-bond acceptors (Lipinski definition) is 2. The van der Waals surface area contributed by atoms with E-state index in [1.807, 2.05) is 12.1 Å². The van der Waals surface area contributed by atoms with Crippen molar-refractivity contribution in [3.05, 3.63) is 35.4 Å². The van der Waals surface area contributed by atoms with Crippen molar-refractivity contribution in [2.45, 2.75) is 32.4 Å². The summed E-state index contributed by atoms with van der Waals surface area (Å²) >= 11 is 0. The van der Waals surface area contributed by atoms with E-state index in [4.69, 9.17) is 10.5 Å². The van der Waals surface area contributed by atoms with Gasteiger partial charge in [-0.15, -0.1) is 12.4 Å². The zero-order chi connectivity index (χ0) is 11.3. The number of rotatable bonds is 1. The molecule has 0 amide bonds. The zero-order valence-electron chi connectivity index (χ0n) is 10.3. The van der Waals surface area contributed by atoms with Gasteiger partial charge in [-0.05, 0) is 18.1 Å². The first-order valence-corrected chi connectivity index (χ1v) is 5.34. The molecule has 2 nitrogen and oxygen atoms in total. The summed E-state index contributed by atoms with van der Waals surface area (Å²) in [5.41, 5.74) is 8.49. The van der Waals surface area contributed by atoms with Gasteiger partial charge < -0.3 is 10.5 Å². The fourth-order valence-electron chi connectivity index (χ4n) is 2.63. The van der Waals surface area contributed by atoms with Gasteiger partial charge in [-0.3, -0.25) is 0 Å². The van der Waals surface area contributed by atoms with Crippen molar-refractivity contribution in [1.82, 2.24) is 0 Å². The lowest BCUT2D eigenvalue weighted by Gasteiger charge is -2.38. The van der Waals surface area contributed by atoms with E-state index in [1.54, 1.807) is 7.11 Å². The summed E-state index contributed by atoms with van der Waals surface area (Å²) in [6.45, 7) is 6.42. The molecule has 0 aliphatic heterocycles. The van der Waals surface area contributed by atoms with Crippen molar-refractivity contribution in [2.75, 3.05) is 7.11 Å². The standard InChI is InChI=1S/C13H19NO.ClH/c1-12(2)11(15-4)9-7-5-6-8-10(9)13(12,3)14;/h5-8,11H,14H2,1-4H3;1H/t11-,13+;/m0./s1. The molecule has 0 spiro atoms. The molecule has 2 N–H and O–H groups in total. The molecule has 0 radical (unpaired) electrons. The summed E-state index contributed by atoms with van der Waals surface area (Å²) in [6, 6.07) is 8.31. The Bertz CT molecular complexity index is 387.